The Bertz CT molecular complexity index is 1280. The third-order valence-electron chi connectivity index (χ3n) is 6.35. The number of nitrogens with one attached hydrogen (secondary N) is 2. The molecule has 1 aromatic heterocycles. The van der Waals surface area contributed by atoms with E-state index in [4.69, 9.17) is 9.47 Å². The molecule has 1 aliphatic carbocycles. The lowest BCUT2D eigenvalue weighted by Crippen LogP contribution is -2.40. The van der Waals surface area contributed by atoms with Crippen LogP contribution >= 0.6 is 11.8 Å². The van der Waals surface area contributed by atoms with Crippen molar-refractivity contribution in [3.63, 3.8) is 0 Å². The first-order chi connectivity index (χ1) is 19.2. The van der Waals surface area contributed by atoms with Crippen molar-refractivity contribution >= 4 is 29.1 Å². The lowest BCUT2D eigenvalue weighted by Gasteiger charge is -2.20. The van der Waals surface area contributed by atoms with Crippen LogP contribution in [0.25, 0.3) is 11.1 Å². The quantitative estimate of drug-likeness (QED) is 0.221. The first kappa shape index (κ1) is 29.1. The molecule has 0 spiro atoms. The molecule has 0 radical (unpaired) electrons. The number of alkyl carbamates (subject to hydrolysis) is 2. The number of rotatable bonds is 10. The summed E-state index contributed by atoms with van der Waals surface area (Å²) in [5.74, 6) is -0.0749. The van der Waals surface area contributed by atoms with Crippen molar-refractivity contribution in [2.24, 2.45) is 0 Å². The summed E-state index contributed by atoms with van der Waals surface area (Å²) < 4.78 is 10.9. The SMILES string of the molecule is CC(C)(C)OC(=O)NCCCC[C@H](NC(=O)OCC1c2ccccc2-c2ccccc21)C(=O)Sc1ccccn1. The summed E-state index contributed by atoms with van der Waals surface area (Å²) in [6.45, 7) is 5.97. The molecule has 0 bridgehead atoms. The second-order valence-corrected chi connectivity index (χ2v) is 11.6. The number of ether oxygens (including phenoxy) is 2. The maximum Gasteiger partial charge on any atom is 0.407 e. The minimum atomic E-state index is -0.774. The molecule has 0 unspecified atom stereocenters. The number of aromatic nitrogens is 1. The smallest absolute Gasteiger partial charge is 0.407 e. The summed E-state index contributed by atoms with van der Waals surface area (Å²) >= 11 is 0.983. The summed E-state index contributed by atoms with van der Waals surface area (Å²) in [4.78, 5) is 42.1. The number of benzene rings is 2. The Labute approximate surface area is 239 Å². The predicted octanol–water partition coefficient (Wildman–Crippen LogP) is 6.30. The highest BCUT2D eigenvalue weighted by Gasteiger charge is 2.30. The summed E-state index contributed by atoms with van der Waals surface area (Å²) in [6, 6.07) is 20.8. The zero-order valence-electron chi connectivity index (χ0n) is 23.0. The van der Waals surface area contributed by atoms with Crippen LogP contribution in [0.1, 0.15) is 57.1 Å². The van der Waals surface area contributed by atoms with Gasteiger partial charge in [0.15, 0.2) is 0 Å². The molecule has 210 valence electrons. The minimum absolute atomic E-state index is 0.0749. The number of unbranched alkanes of at least 4 members (excludes halogenated alkanes) is 1. The van der Waals surface area contributed by atoms with Crippen molar-refractivity contribution < 1.29 is 23.9 Å². The highest BCUT2D eigenvalue weighted by Crippen LogP contribution is 2.44. The summed E-state index contributed by atoms with van der Waals surface area (Å²) in [7, 11) is 0. The van der Waals surface area contributed by atoms with Crippen LogP contribution in [0.2, 0.25) is 0 Å². The van der Waals surface area contributed by atoms with Gasteiger partial charge < -0.3 is 20.1 Å². The fourth-order valence-electron chi connectivity index (χ4n) is 4.59. The van der Waals surface area contributed by atoms with Crippen molar-refractivity contribution in [1.29, 1.82) is 0 Å². The summed E-state index contributed by atoms with van der Waals surface area (Å²) in [6.07, 6.45) is 2.09. The monoisotopic (exact) mass is 561 g/mol. The minimum Gasteiger partial charge on any atom is -0.449 e. The van der Waals surface area contributed by atoms with Crippen LogP contribution in [0.5, 0.6) is 0 Å². The van der Waals surface area contributed by atoms with E-state index in [1.54, 1.807) is 45.2 Å². The fraction of sp³-hybridized carbons (Fsp3) is 0.355. The number of pyridine rings is 1. The molecule has 2 amide bonds. The van der Waals surface area contributed by atoms with Gasteiger partial charge in [0.2, 0.25) is 5.12 Å². The molecule has 2 aromatic carbocycles. The summed E-state index contributed by atoms with van der Waals surface area (Å²) in [5, 5.41) is 5.81. The Balaban J connectivity index is 1.34. The number of hydrogen-bond acceptors (Lipinski definition) is 7. The topological polar surface area (TPSA) is 107 Å². The van der Waals surface area contributed by atoms with Crippen molar-refractivity contribution in [3.8, 4) is 11.1 Å². The van der Waals surface area contributed by atoms with Gasteiger partial charge in [-0.25, -0.2) is 14.6 Å². The van der Waals surface area contributed by atoms with E-state index in [-0.39, 0.29) is 17.6 Å². The van der Waals surface area contributed by atoms with Crippen LogP contribution in [0.3, 0.4) is 0 Å². The van der Waals surface area contributed by atoms with Gasteiger partial charge in [0, 0.05) is 18.7 Å². The van der Waals surface area contributed by atoms with Gasteiger partial charge in [-0.1, -0.05) is 54.6 Å². The number of amides is 2. The Kier molecular flexibility index (Phi) is 9.82. The maximum absolute atomic E-state index is 13.1. The Morgan fingerprint density at radius 1 is 0.900 bits per heavy atom. The molecule has 8 nitrogen and oxygen atoms in total. The van der Waals surface area contributed by atoms with E-state index in [9.17, 15) is 14.4 Å². The molecular weight excluding hydrogens is 526 g/mol. The zero-order chi connectivity index (χ0) is 28.5. The average molecular weight is 562 g/mol. The van der Waals surface area contributed by atoms with Crippen molar-refractivity contribution in [3.05, 3.63) is 84.1 Å². The van der Waals surface area contributed by atoms with Gasteiger partial charge in [-0.2, -0.15) is 0 Å². The van der Waals surface area contributed by atoms with Crippen LogP contribution in [0, 0.1) is 0 Å². The Hall–Kier alpha value is -3.85. The molecule has 1 aliphatic rings. The van der Waals surface area contributed by atoms with E-state index >= 15 is 0 Å². The van der Waals surface area contributed by atoms with Gasteiger partial charge in [-0.15, -0.1) is 0 Å². The standard InChI is InChI=1S/C31H35N3O5S/c1-31(2,3)39-29(36)33-19-10-8-16-26(28(35)40-27-17-9-11-18-32-27)34-30(37)38-20-25-23-14-6-4-12-21(23)22-13-5-7-15-24(22)25/h4-7,9,11-15,17-18,25-26H,8,10,16,19-20H2,1-3H3,(H,33,36)(H,34,37)/t26-/m0/s1. The highest BCUT2D eigenvalue weighted by molar-refractivity contribution is 8.13. The summed E-state index contributed by atoms with van der Waals surface area (Å²) in [5.41, 5.74) is 3.95. The van der Waals surface area contributed by atoms with Gasteiger partial charge in [0.05, 0.1) is 0 Å². The van der Waals surface area contributed by atoms with Crippen LogP contribution in [0.4, 0.5) is 9.59 Å². The number of thioether (sulfide) groups is 1. The van der Waals surface area contributed by atoms with Gasteiger partial charge in [-0.05, 0) is 86.2 Å². The molecule has 2 N–H and O–H groups in total. The van der Waals surface area contributed by atoms with Crippen molar-refractivity contribution in [1.82, 2.24) is 15.6 Å². The number of carbonyl (C=O) groups is 3. The number of carbonyl (C=O) groups excluding carboxylic acids is 3. The molecule has 0 saturated heterocycles. The number of nitrogens with zero attached hydrogens (tertiary/aromatic N) is 1. The zero-order valence-corrected chi connectivity index (χ0v) is 23.8. The molecule has 40 heavy (non-hydrogen) atoms. The maximum atomic E-state index is 13.1. The van der Waals surface area contributed by atoms with E-state index in [0.717, 1.165) is 34.0 Å². The molecule has 9 heteroatoms. The van der Waals surface area contributed by atoms with Crippen LogP contribution in [0.15, 0.2) is 78.0 Å². The van der Waals surface area contributed by atoms with E-state index < -0.39 is 23.8 Å². The predicted molar refractivity (Wildman–Crippen MR) is 155 cm³/mol. The molecule has 1 atom stereocenters. The van der Waals surface area contributed by atoms with Crippen LogP contribution < -0.4 is 10.6 Å². The van der Waals surface area contributed by atoms with Crippen molar-refractivity contribution in [2.45, 2.75) is 62.6 Å². The first-order valence-corrected chi connectivity index (χ1v) is 14.2. The van der Waals surface area contributed by atoms with Crippen molar-refractivity contribution in [2.75, 3.05) is 13.2 Å². The third-order valence-corrected chi connectivity index (χ3v) is 7.29. The van der Waals surface area contributed by atoms with Crippen LogP contribution in [-0.2, 0) is 14.3 Å². The van der Waals surface area contributed by atoms with Gasteiger partial charge >= 0.3 is 12.2 Å². The van der Waals surface area contributed by atoms with Gasteiger partial charge in [0.25, 0.3) is 0 Å². The van der Waals surface area contributed by atoms with Gasteiger partial charge in [-0.3, -0.25) is 4.79 Å². The van der Waals surface area contributed by atoms with E-state index in [0.29, 0.717) is 30.8 Å². The normalized spacial score (nSPS) is 13.1. The average Bonchev–Trinajstić information content (AvgIpc) is 3.24. The molecule has 0 saturated carbocycles. The highest BCUT2D eigenvalue weighted by atomic mass is 32.2. The Morgan fingerprint density at radius 3 is 2.17 bits per heavy atom. The van der Waals surface area contributed by atoms with E-state index in [1.165, 1.54) is 0 Å². The van der Waals surface area contributed by atoms with Gasteiger partial charge in [0.1, 0.15) is 23.3 Å². The molecule has 0 fully saturated rings. The second kappa shape index (κ2) is 13.5. The number of hydrogen-bond donors (Lipinski definition) is 2. The van der Waals surface area contributed by atoms with E-state index in [1.807, 2.05) is 24.3 Å². The molecular formula is C31H35N3O5S. The Morgan fingerprint density at radius 2 is 1.55 bits per heavy atom. The molecule has 4 rings (SSSR count). The lowest BCUT2D eigenvalue weighted by molar-refractivity contribution is -0.112. The van der Waals surface area contributed by atoms with Crippen LogP contribution in [-0.4, -0.2) is 47.1 Å². The molecule has 0 aliphatic heterocycles. The number of fused-ring (bicyclic) bond motifs is 3. The molecule has 1 heterocycles. The fourth-order valence-corrected chi connectivity index (χ4v) is 5.38. The largest absolute Gasteiger partial charge is 0.449 e. The van der Waals surface area contributed by atoms with E-state index in [2.05, 4.69) is 39.9 Å². The first-order valence-electron chi connectivity index (χ1n) is 13.4. The second-order valence-electron chi connectivity index (χ2n) is 10.5. The third kappa shape index (κ3) is 8.08. The molecule has 3 aromatic rings. The lowest BCUT2D eigenvalue weighted by atomic mass is 9.98.